The summed E-state index contributed by atoms with van der Waals surface area (Å²) in [6, 6.07) is 3.33. The largest absolute Gasteiger partial charge is 0.400 e. The number of hydrogen-bond acceptors (Lipinski definition) is 2. The van der Waals surface area contributed by atoms with Crippen molar-refractivity contribution in [1.29, 1.82) is 0 Å². The lowest BCUT2D eigenvalue weighted by Crippen LogP contribution is -2.25. The molecule has 0 spiro atoms. The van der Waals surface area contributed by atoms with E-state index >= 15 is 0 Å². The summed E-state index contributed by atoms with van der Waals surface area (Å²) in [4.78, 5) is 14.9. The van der Waals surface area contributed by atoms with Gasteiger partial charge in [-0.25, -0.2) is 0 Å². The van der Waals surface area contributed by atoms with Gasteiger partial charge in [0.2, 0.25) is 13.3 Å². The van der Waals surface area contributed by atoms with E-state index in [0.717, 1.165) is 0 Å². The van der Waals surface area contributed by atoms with Crippen molar-refractivity contribution in [2.45, 2.75) is 6.82 Å². The molecule has 0 atom stereocenters. The van der Waals surface area contributed by atoms with Crippen molar-refractivity contribution in [3.05, 3.63) is 30.1 Å². The average Bonchev–Trinajstić information content (AvgIpc) is 2.07. The van der Waals surface area contributed by atoms with Gasteiger partial charge >= 0.3 is 0 Å². The molecule has 4 heteroatoms. The van der Waals surface area contributed by atoms with Crippen LogP contribution in [0.25, 0.3) is 0 Å². The van der Waals surface area contributed by atoms with Gasteiger partial charge in [0.05, 0.1) is 0 Å². The molecule has 1 radical (unpaired) electrons. The van der Waals surface area contributed by atoms with Crippen LogP contribution in [0.3, 0.4) is 0 Å². The zero-order valence-electron chi connectivity index (χ0n) is 6.24. The molecule has 0 aliphatic carbocycles. The predicted octanol–water partition coefficient (Wildman–Crippen LogP) is 0.479. The van der Waals surface area contributed by atoms with Gasteiger partial charge in [0.25, 0.3) is 0 Å². The number of aromatic nitrogens is 1. The van der Waals surface area contributed by atoms with Crippen molar-refractivity contribution in [3.8, 4) is 0 Å². The Morgan fingerprint density at radius 1 is 1.55 bits per heavy atom. The molecule has 3 nitrogen and oxygen atoms in total. The number of hydrogen-bond donors (Lipinski definition) is 1. The summed E-state index contributed by atoms with van der Waals surface area (Å²) in [6.45, 7) is 1.76. The molecular weight excluding hydrogens is 139 g/mol. The number of nitrogens with one attached hydrogen (secondary N) is 1. The molecule has 0 aromatic carbocycles. The van der Waals surface area contributed by atoms with Crippen molar-refractivity contribution in [1.82, 2.24) is 10.2 Å². The van der Waals surface area contributed by atoms with E-state index in [0.29, 0.717) is 5.56 Å². The summed E-state index contributed by atoms with van der Waals surface area (Å²) >= 11 is 0. The first-order valence-corrected chi connectivity index (χ1v) is 3.33. The average molecular weight is 147 g/mol. The Bertz CT molecular complexity index is 237. The molecule has 1 aromatic rings. The molecule has 0 fully saturated rings. The third-order valence-electron chi connectivity index (χ3n) is 1.22. The summed E-state index contributed by atoms with van der Waals surface area (Å²) < 4.78 is 0. The summed E-state index contributed by atoms with van der Waals surface area (Å²) in [5.74, 6) is -0.102. The monoisotopic (exact) mass is 147 g/mol. The minimum Gasteiger partial charge on any atom is -0.400 e. The second kappa shape index (κ2) is 3.76. The molecule has 1 aromatic heterocycles. The summed E-state index contributed by atoms with van der Waals surface area (Å²) in [5.41, 5.74) is 0.623. The molecule has 1 heterocycles. The van der Waals surface area contributed by atoms with Gasteiger partial charge in [0.15, 0.2) is 0 Å². The summed E-state index contributed by atoms with van der Waals surface area (Å²) in [5, 5.41) is 2.57. The second-order valence-corrected chi connectivity index (χ2v) is 2.00. The van der Waals surface area contributed by atoms with Crippen LogP contribution in [0.2, 0.25) is 6.82 Å². The number of rotatable bonds is 2. The molecule has 0 bridgehead atoms. The summed E-state index contributed by atoms with van der Waals surface area (Å²) in [7, 11) is 1.60. The fourth-order valence-corrected chi connectivity index (χ4v) is 0.718. The fraction of sp³-hybridized carbons (Fsp3) is 0.143. The van der Waals surface area contributed by atoms with E-state index in [-0.39, 0.29) is 5.91 Å². The van der Waals surface area contributed by atoms with Gasteiger partial charge in [-0.1, -0.05) is 6.82 Å². The minimum atomic E-state index is -0.102. The molecule has 0 aliphatic rings. The Balaban J connectivity index is 2.69. The van der Waals surface area contributed by atoms with E-state index < -0.39 is 0 Å². The smallest absolute Gasteiger partial charge is 0.243 e. The third kappa shape index (κ3) is 2.07. The van der Waals surface area contributed by atoms with Crippen molar-refractivity contribution in [2.24, 2.45) is 0 Å². The van der Waals surface area contributed by atoms with Gasteiger partial charge in [-0.2, -0.15) is 0 Å². The fourth-order valence-electron chi connectivity index (χ4n) is 0.718. The molecule has 0 unspecified atom stereocenters. The standard InChI is InChI=1S/C7H8BN2O/c1-8-10-7(11)6-2-4-9-5-3-6/h2-5H,1H3,(H,10,11). The summed E-state index contributed by atoms with van der Waals surface area (Å²) in [6.07, 6.45) is 3.18. The maximum atomic E-state index is 11.1. The van der Waals surface area contributed by atoms with E-state index in [4.69, 9.17) is 0 Å². The molecule has 0 saturated heterocycles. The number of carbonyl (C=O) groups excluding carboxylic acids is 1. The van der Waals surface area contributed by atoms with Crippen LogP contribution >= 0.6 is 0 Å². The molecular formula is C7H8BN2O. The Morgan fingerprint density at radius 3 is 2.73 bits per heavy atom. The molecule has 55 valence electrons. The van der Waals surface area contributed by atoms with Crippen molar-refractivity contribution >= 4 is 13.3 Å². The topological polar surface area (TPSA) is 42.0 Å². The lowest BCUT2D eigenvalue weighted by atomic mass is 9.99. The van der Waals surface area contributed by atoms with Gasteiger partial charge in [-0.15, -0.1) is 0 Å². The first kappa shape index (κ1) is 7.79. The second-order valence-electron chi connectivity index (χ2n) is 2.00. The van der Waals surface area contributed by atoms with Crippen LogP contribution in [0, 0.1) is 0 Å². The first-order valence-electron chi connectivity index (χ1n) is 3.33. The van der Waals surface area contributed by atoms with Gasteiger partial charge in [0.1, 0.15) is 0 Å². The maximum Gasteiger partial charge on any atom is 0.243 e. The number of carbonyl (C=O) groups is 1. The van der Waals surface area contributed by atoms with E-state index in [1.165, 1.54) is 0 Å². The Morgan fingerprint density at radius 2 is 2.18 bits per heavy atom. The highest BCUT2D eigenvalue weighted by Gasteiger charge is 2.00. The third-order valence-corrected chi connectivity index (χ3v) is 1.22. The Labute approximate surface area is 66.1 Å². The Hall–Kier alpha value is -1.32. The van der Waals surface area contributed by atoms with Crippen molar-refractivity contribution in [2.75, 3.05) is 0 Å². The SMILES string of the molecule is C[B]NC(=O)c1ccncc1. The van der Waals surface area contributed by atoms with Gasteiger partial charge in [-0.3, -0.25) is 9.78 Å². The van der Waals surface area contributed by atoms with Gasteiger partial charge in [0, 0.05) is 18.0 Å². The Kier molecular flexibility index (Phi) is 2.66. The normalized spacial score (nSPS) is 8.82. The van der Waals surface area contributed by atoms with Crippen LogP contribution in [0.5, 0.6) is 0 Å². The number of nitrogens with zero attached hydrogens (tertiary/aromatic N) is 1. The lowest BCUT2D eigenvalue weighted by Gasteiger charge is -1.98. The van der Waals surface area contributed by atoms with Crippen molar-refractivity contribution < 1.29 is 4.79 Å². The van der Waals surface area contributed by atoms with E-state index in [2.05, 4.69) is 10.2 Å². The van der Waals surface area contributed by atoms with Gasteiger partial charge in [-0.05, 0) is 12.1 Å². The highest BCUT2D eigenvalue weighted by atomic mass is 16.1. The van der Waals surface area contributed by atoms with Crippen LogP contribution in [-0.4, -0.2) is 18.3 Å². The highest BCUT2D eigenvalue weighted by Crippen LogP contribution is 1.94. The predicted molar refractivity (Wildman–Crippen MR) is 43.3 cm³/mol. The zero-order valence-corrected chi connectivity index (χ0v) is 6.24. The van der Waals surface area contributed by atoms with E-state index in [9.17, 15) is 4.79 Å². The zero-order chi connectivity index (χ0) is 8.10. The molecule has 0 saturated carbocycles. The number of amides is 1. The van der Waals surface area contributed by atoms with Crippen LogP contribution in [-0.2, 0) is 0 Å². The van der Waals surface area contributed by atoms with Gasteiger partial charge < -0.3 is 5.23 Å². The quantitative estimate of drug-likeness (QED) is 0.618. The number of pyridine rings is 1. The minimum absolute atomic E-state index is 0.102. The van der Waals surface area contributed by atoms with Crippen LogP contribution < -0.4 is 5.23 Å². The van der Waals surface area contributed by atoms with Crippen LogP contribution in [0.4, 0.5) is 0 Å². The molecule has 1 amide bonds. The molecule has 11 heavy (non-hydrogen) atoms. The van der Waals surface area contributed by atoms with E-state index in [1.54, 1.807) is 38.8 Å². The van der Waals surface area contributed by atoms with Crippen LogP contribution in [0.1, 0.15) is 10.4 Å². The van der Waals surface area contributed by atoms with E-state index in [1.807, 2.05) is 0 Å². The van der Waals surface area contributed by atoms with Crippen molar-refractivity contribution in [3.63, 3.8) is 0 Å². The lowest BCUT2D eigenvalue weighted by molar-refractivity contribution is 0.0980. The molecule has 1 rings (SSSR count). The first-order chi connectivity index (χ1) is 5.34. The maximum absolute atomic E-state index is 11.1. The molecule has 0 aliphatic heterocycles. The van der Waals surface area contributed by atoms with Crippen LogP contribution in [0.15, 0.2) is 24.5 Å². The molecule has 1 N–H and O–H groups in total. The highest BCUT2D eigenvalue weighted by molar-refractivity contribution is 6.36.